The number of aliphatic hydroxyl groups excluding tert-OH is 1. The van der Waals surface area contributed by atoms with Gasteiger partial charge in [0.05, 0.1) is 6.10 Å². The Bertz CT molecular complexity index is 436. The van der Waals surface area contributed by atoms with E-state index in [0.717, 1.165) is 38.4 Å². The van der Waals surface area contributed by atoms with Gasteiger partial charge in [-0.3, -0.25) is 0 Å². The fourth-order valence-electron chi connectivity index (χ4n) is 4.14. The lowest BCUT2D eigenvalue weighted by Crippen LogP contribution is -2.30. The van der Waals surface area contributed by atoms with Crippen LogP contribution in [0.1, 0.15) is 37.8 Å². The molecule has 0 radical (unpaired) electrons. The number of nitrogens with one attached hydrogen (secondary N) is 1. The number of hydrogen-bond donors (Lipinski definition) is 2. The van der Waals surface area contributed by atoms with Gasteiger partial charge in [0.2, 0.25) is 0 Å². The average molecular weight is 288 g/mol. The van der Waals surface area contributed by atoms with E-state index >= 15 is 0 Å². The molecule has 3 rings (SSSR count). The Morgan fingerprint density at radius 1 is 1.24 bits per heavy atom. The maximum absolute atomic E-state index is 10.0. The van der Waals surface area contributed by atoms with E-state index in [-0.39, 0.29) is 6.10 Å². The molecule has 3 heteroatoms. The number of nitrogens with zero attached hydrogens (tertiary/aromatic N) is 1. The van der Waals surface area contributed by atoms with Crippen molar-refractivity contribution >= 4 is 0 Å². The van der Waals surface area contributed by atoms with Gasteiger partial charge in [-0.2, -0.15) is 0 Å². The van der Waals surface area contributed by atoms with Crippen LogP contribution in [0.2, 0.25) is 0 Å². The lowest BCUT2D eigenvalue weighted by atomic mass is 10.00. The highest BCUT2D eigenvalue weighted by atomic mass is 16.3. The van der Waals surface area contributed by atoms with E-state index in [0.29, 0.717) is 12.0 Å². The maximum atomic E-state index is 10.0. The molecule has 0 spiro atoms. The normalized spacial score (nSPS) is 30.5. The van der Waals surface area contributed by atoms with Gasteiger partial charge in [0.15, 0.2) is 0 Å². The molecule has 1 heterocycles. The summed E-state index contributed by atoms with van der Waals surface area (Å²) in [7, 11) is 0. The summed E-state index contributed by atoms with van der Waals surface area (Å²) >= 11 is 0. The Morgan fingerprint density at radius 2 is 2.05 bits per heavy atom. The molecule has 1 aliphatic heterocycles. The van der Waals surface area contributed by atoms with E-state index in [4.69, 9.17) is 0 Å². The Morgan fingerprint density at radius 3 is 2.76 bits per heavy atom. The van der Waals surface area contributed by atoms with Crippen molar-refractivity contribution in [1.82, 2.24) is 10.2 Å². The lowest BCUT2D eigenvalue weighted by molar-refractivity contribution is 0.124. The summed E-state index contributed by atoms with van der Waals surface area (Å²) in [5.74, 6) is 1.29. The van der Waals surface area contributed by atoms with Crippen LogP contribution in [0.3, 0.4) is 0 Å². The molecule has 1 aromatic carbocycles. The van der Waals surface area contributed by atoms with Crippen molar-refractivity contribution in [2.45, 2.75) is 38.3 Å². The molecule has 1 aromatic rings. The first kappa shape index (κ1) is 15.0. The van der Waals surface area contributed by atoms with Crippen molar-refractivity contribution in [2.75, 3.05) is 26.2 Å². The second-order valence-electron chi connectivity index (χ2n) is 6.64. The molecule has 21 heavy (non-hydrogen) atoms. The van der Waals surface area contributed by atoms with Crippen LogP contribution in [0, 0.1) is 11.8 Å². The van der Waals surface area contributed by atoms with E-state index in [1.165, 1.54) is 18.5 Å². The zero-order chi connectivity index (χ0) is 14.7. The van der Waals surface area contributed by atoms with E-state index in [9.17, 15) is 5.11 Å². The summed E-state index contributed by atoms with van der Waals surface area (Å²) in [5, 5.41) is 13.6. The molecule has 4 atom stereocenters. The minimum Gasteiger partial charge on any atom is -0.393 e. The minimum atomic E-state index is -0.0429. The molecule has 1 saturated heterocycles. The standard InChI is InChI=1S/C18H28N2O/c1-2-19-17(14-6-4-3-5-7-14)10-11-20-12-15-8-9-18(21)16(15)13-20/h3-7,15-19,21H,2,8-13H2,1H3. The number of likely N-dealkylation sites (tertiary alicyclic amines) is 1. The maximum Gasteiger partial charge on any atom is 0.0583 e. The third kappa shape index (κ3) is 3.47. The van der Waals surface area contributed by atoms with Crippen LogP contribution < -0.4 is 5.32 Å². The third-order valence-corrected chi connectivity index (χ3v) is 5.28. The molecule has 116 valence electrons. The fraction of sp³-hybridized carbons (Fsp3) is 0.667. The summed E-state index contributed by atoms with van der Waals surface area (Å²) in [6.45, 7) is 6.59. The van der Waals surface area contributed by atoms with Gasteiger partial charge >= 0.3 is 0 Å². The van der Waals surface area contributed by atoms with Gasteiger partial charge in [-0.05, 0) is 43.8 Å². The molecule has 1 aliphatic carbocycles. The van der Waals surface area contributed by atoms with Crippen LogP contribution in [0.15, 0.2) is 30.3 Å². The molecule has 3 nitrogen and oxygen atoms in total. The quantitative estimate of drug-likeness (QED) is 0.844. The van der Waals surface area contributed by atoms with Crippen LogP contribution in [-0.2, 0) is 0 Å². The first-order valence-corrected chi connectivity index (χ1v) is 8.46. The SMILES string of the molecule is CCNC(CCN1CC2CCC(O)C2C1)c1ccccc1. The Labute approximate surface area is 128 Å². The van der Waals surface area contributed by atoms with Gasteiger partial charge < -0.3 is 15.3 Å². The number of fused-ring (bicyclic) bond motifs is 1. The Kier molecular flexibility index (Phi) is 4.94. The van der Waals surface area contributed by atoms with Crippen molar-refractivity contribution in [3.05, 3.63) is 35.9 Å². The topological polar surface area (TPSA) is 35.5 Å². The van der Waals surface area contributed by atoms with Gasteiger partial charge in [-0.25, -0.2) is 0 Å². The highest BCUT2D eigenvalue weighted by Crippen LogP contribution is 2.38. The van der Waals surface area contributed by atoms with Crippen molar-refractivity contribution in [2.24, 2.45) is 11.8 Å². The highest BCUT2D eigenvalue weighted by Gasteiger charge is 2.41. The van der Waals surface area contributed by atoms with Gasteiger partial charge in [0, 0.05) is 25.0 Å². The molecular weight excluding hydrogens is 260 g/mol. The van der Waals surface area contributed by atoms with Crippen LogP contribution >= 0.6 is 0 Å². The van der Waals surface area contributed by atoms with Gasteiger partial charge in [0.1, 0.15) is 0 Å². The Balaban J connectivity index is 1.53. The van der Waals surface area contributed by atoms with Crippen molar-refractivity contribution in [3.63, 3.8) is 0 Å². The predicted octanol–water partition coefficient (Wildman–Crippen LogP) is 2.43. The molecule has 0 bridgehead atoms. The highest BCUT2D eigenvalue weighted by molar-refractivity contribution is 5.18. The second kappa shape index (κ2) is 6.91. The number of hydrogen-bond acceptors (Lipinski definition) is 3. The van der Waals surface area contributed by atoms with Gasteiger partial charge in [-0.15, -0.1) is 0 Å². The van der Waals surface area contributed by atoms with E-state index < -0.39 is 0 Å². The summed E-state index contributed by atoms with van der Waals surface area (Å²) in [6, 6.07) is 11.2. The van der Waals surface area contributed by atoms with Crippen molar-refractivity contribution in [3.8, 4) is 0 Å². The van der Waals surface area contributed by atoms with Crippen molar-refractivity contribution < 1.29 is 5.11 Å². The van der Waals surface area contributed by atoms with E-state index in [1.54, 1.807) is 0 Å². The molecule has 2 fully saturated rings. The first-order valence-electron chi connectivity index (χ1n) is 8.46. The smallest absolute Gasteiger partial charge is 0.0583 e. The zero-order valence-corrected chi connectivity index (χ0v) is 13.0. The second-order valence-corrected chi connectivity index (χ2v) is 6.64. The lowest BCUT2D eigenvalue weighted by Gasteiger charge is -2.23. The molecule has 0 aromatic heterocycles. The number of aliphatic hydroxyl groups is 1. The molecule has 1 saturated carbocycles. The van der Waals surface area contributed by atoms with Gasteiger partial charge in [-0.1, -0.05) is 37.3 Å². The van der Waals surface area contributed by atoms with Crippen LogP contribution in [0.5, 0.6) is 0 Å². The molecular formula is C18H28N2O. The predicted molar refractivity (Wildman–Crippen MR) is 86.1 cm³/mol. The third-order valence-electron chi connectivity index (χ3n) is 5.28. The largest absolute Gasteiger partial charge is 0.393 e. The van der Waals surface area contributed by atoms with Gasteiger partial charge in [0.25, 0.3) is 0 Å². The fourth-order valence-corrected chi connectivity index (χ4v) is 4.14. The molecule has 2 N–H and O–H groups in total. The number of rotatable bonds is 6. The minimum absolute atomic E-state index is 0.0429. The summed E-state index contributed by atoms with van der Waals surface area (Å²) in [5.41, 5.74) is 1.39. The van der Waals surface area contributed by atoms with Crippen molar-refractivity contribution in [1.29, 1.82) is 0 Å². The van der Waals surface area contributed by atoms with Crippen LogP contribution in [0.4, 0.5) is 0 Å². The van der Waals surface area contributed by atoms with Crippen LogP contribution in [0.25, 0.3) is 0 Å². The number of benzene rings is 1. The monoisotopic (exact) mass is 288 g/mol. The van der Waals surface area contributed by atoms with E-state index in [1.807, 2.05) is 0 Å². The van der Waals surface area contributed by atoms with E-state index in [2.05, 4.69) is 47.5 Å². The zero-order valence-electron chi connectivity index (χ0n) is 13.0. The van der Waals surface area contributed by atoms with Crippen LogP contribution in [-0.4, -0.2) is 42.3 Å². The molecule has 4 unspecified atom stereocenters. The first-order chi connectivity index (χ1) is 10.3. The average Bonchev–Trinajstić information content (AvgIpc) is 3.07. The summed E-state index contributed by atoms with van der Waals surface area (Å²) in [6.07, 6.45) is 3.34. The molecule has 0 amide bonds. The summed E-state index contributed by atoms with van der Waals surface area (Å²) in [4.78, 5) is 2.56. The molecule has 2 aliphatic rings. The Hall–Kier alpha value is -0.900. The summed E-state index contributed by atoms with van der Waals surface area (Å²) < 4.78 is 0.